The molecule has 2 atom stereocenters. The number of carbonyl (C=O) groups is 7. The minimum absolute atomic E-state index is 0.0160. The van der Waals surface area contributed by atoms with Crippen molar-refractivity contribution in [2.75, 3.05) is 72.6 Å². The molecule has 1 unspecified atom stereocenters. The van der Waals surface area contributed by atoms with Crippen molar-refractivity contribution in [2.24, 2.45) is 11.7 Å². The summed E-state index contributed by atoms with van der Waals surface area (Å²) in [6, 6.07) is 5.87. The first-order valence-corrected chi connectivity index (χ1v) is 21.2. The normalized spacial score (nSPS) is 12.0. The number of nitrogens with two attached hydrogens (primary N) is 1. The van der Waals surface area contributed by atoms with Crippen LogP contribution in [0.4, 0.5) is 0 Å². The van der Waals surface area contributed by atoms with Gasteiger partial charge >= 0.3 is 11.9 Å². The van der Waals surface area contributed by atoms with Gasteiger partial charge in [0.05, 0.1) is 57.2 Å². The fraction of sp³-hybridized carbons (Fsp3) is 0.698. The number of hydrogen-bond acceptors (Lipinski definition) is 13. The van der Waals surface area contributed by atoms with Crippen LogP contribution in [0.2, 0.25) is 0 Å². The van der Waals surface area contributed by atoms with Crippen LogP contribution >= 0.6 is 0 Å². The minimum atomic E-state index is -1.09. The van der Waals surface area contributed by atoms with Crippen molar-refractivity contribution >= 4 is 41.1 Å². The highest BCUT2D eigenvalue weighted by molar-refractivity contribution is 5.87. The van der Waals surface area contributed by atoms with E-state index in [1.54, 1.807) is 12.1 Å². The first-order valence-electron chi connectivity index (χ1n) is 21.2. The smallest absolute Gasteiger partial charge is 0.335 e. The van der Waals surface area contributed by atoms with E-state index in [9.17, 15) is 38.7 Å². The zero-order chi connectivity index (χ0) is 44.2. The average molecular weight is 852 g/mol. The van der Waals surface area contributed by atoms with Gasteiger partial charge in [0.2, 0.25) is 11.8 Å². The fourth-order valence-corrected chi connectivity index (χ4v) is 5.74. The van der Waals surface area contributed by atoms with Crippen LogP contribution in [-0.4, -0.2) is 130 Å². The molecule has 1 aromatic rings. The quantitative estimate of drug-likeness (QED) is 0.0583. The lowest BCUT2D eigenvalue weighted by Gasteiger charge is -2.12. The highest BCUT2D eigenvalue weighted by Gasteiger charge is 2.22. The second-order valence-corrected chi connectivity index (χ2v) is 14.6. The molecule has 0 saturated heterocycles. The van der Waals surface area contributed by atoms with Gasteiger partial charge in [-0.05, 0) is 76.1 Å². The number of carbonyl (C=O) groups excluding carboxylic acids is 5. The van der Waals surface area contributed by atoms with Gasteiger partial charge in [-0.15, -0.1) is 0 Å². The topological polar surface area (TPSA) is 256 Å². The van der Waals surface area contributed by atoms with Crippen LogP contribution in [-0.2, 0) is 47.7 Å². The van der Waals surface area contributed by atoms with E-state index in [2.05, 4.69) is 10.6 Å². The van der Waals surface area contributed by atoms with Crippen LogP contribution in [0.3, 0.4) is 0 Å². The largest absolute Gasteiger partial charge is 0.494 e. The molecular formula is C43H69N3O14. The predicted molar refractivity (Wildman–Crippen MR) is 222 cm³/mol. The van der Waals surface area contributed by atoms with Crippen molar-refractivity contribution in [3.63, 3.8) is 0 Å². The number of nitrogens with one attached hydrogen (secondary N) is 2. The summed E-state index contributed by atoms with van der Waals surface area (Å²) >= 11 is 0. The molecule has 0 aromatic heterocycles. The summed E-state index contributed by atoms with van der Waals surface area (Å²) < 4.78 is 27.1. The van der Waals surface area contributed by atoms with Gasteiger partial charge < -0.3 is 50.3 Å². The number of Topliss-reactive ketones (excluding diaryl/α,β-unsaturated/α-hetero) is 3. The second-order valence-electron chi connectivity index (χ2n) is 14.6. The van der Waals surface area contributed by atoms with Crippen LogP contribution in [0.25, 0.3) is 0 Å². The number of rotatable bonds is 41. The summed E-state index contributed by atoms with van der Waals surface area (Å²) in [5.41, 5.74) is 5.89. The summed E-state index contributed by atoms with van der Waals surface area (Å²) in [4.78, 5) is 82.1. The van der Waals surface area contributed by atoms with E-state index >= 15 is 0 Å². The summed E-state index contributed by atoms with van der Waals surface area (Å²) in [5.74, 6) is -3.11. The zero-order valence-electron chi connectivity index (χ0n) is 35.4. The average Bonchev–Trinajstić information content (AvgIpc) is 3.21. The van der Waals surface area contributed by atoms with Crippen LogP contribution in [0.1, 0.15) is 120 Å². The van der Waals surface area contributed by atoms with E-state index in [0.29, 0.717) is 64.2 Å². The molecule has 0 aliphatic heterocycles. The molecule has 17 heteroatoms. The predicted octanol–water partition coefficient (Wildman–Crippen LogP) is 4.06. The Morgan fingerprint density at radius 3 is 1.85 bits per heavy atom. The molecule has 2 amide bonds. The maximum absolute atomic E-state index is 12.4. The third-order valence-electron chi connectivity index (χ3n) is 9.35. The van der Waals surface area contributed by atoms with Crippen molar-refractivity contribution in [3.8, 4) is 5.75 Å². The number of unbranched alkanes of at least 4 members (excludes halogenated alkanes) is 7. The van der Waals surface area contributed by atoms with Crippen molar-refractivity contribution in [2.45, 2.75) is 116 Å². The summed E-state index contributed by atoms with van der Waals surface area (Å²) in [5, 5.41) is 23.9. The molecule has 0 spiro atoms. The molecule has 0 bridgehead atoms. The van der Waals surface area contributed by atoms with Gasteiger partial charge in [0.1, 0.15) is 30.5 Å². The first kappa shape index (κ1) is 53.7. The van der Waals surface area contributed by atoms with Crippen molar-refractivity contribution in [1.29, 1.82) is 0 Å². The Balaban J connectivity index is 1.93. The molecular weight excluding hydrogens is 782 g/mol. The fourth-order valence-electron chi connectivity index (χ4n) is 5.74. The molecule has 17 nitrogen and oxygen atoms in total. The standard InChI is InChI=1S/C43H69N3O14/c1-33(47)39(44)14-8-9-21-45-41(51)32-59-29-26-56-23-11-13-37(49)31-58-28-27-57-25-22-46-40(50)20-17-35(43(54)55)30-36(48)12-7-5-3-2-4-6-10-24-60-38-18-15-34(16-19-38)42(52)53/h15-16,18-19,35,39H,2-14,17,20-32,44H2,1H3,(H,45,51)(H,46,50)(H,52,53)(H,54,55)/t35-,39?/m1/s1. The van der Waals surface area contributed by atoms with E-state index in [-0.39, 0.29) is 100 Å². The highest BCUT2D eigenvalue weighted by atomic mass is 16.5. The second kappa shape index (κ2) is 35.5. The van der Waals surface area contributed by atoms with Gasteiger partial charge in [0.25, 0.3) is 0 Å². The Kier molecular flexibility index (Phi) is 31.8. The van der Waals surface area contributed by atoms with Gasteiger partial charge in [0.15, 0.2) is 5.78 Å². The Bertz CT molecular complexity index is 1390. The van der Waals surface area contributed by atoms with Crippen LogP contribution < -0.4 is 21.1 Å². The Morgan fingerprint density at radius 1 is 0.583 bits per heavy atom. The number of aromatic carboxylic acids is 1. The van der Waals surface area contributed by atoms with E-state index in [0.717, 1.165) is 51.4 Å². The minimum Gasteiger partial charge on any atom is -0.494 e. The number of ether oxygens (including phenoxy) is 5. The van der Waals surface area contributed by atoms with E-state index < -0.39 is 23.9 Å². The van der Waals surface area contributed by atoms with Gasteiger partial charge in [-0.2, -0.15) is 0 Å². The lowest BCUT2D eigenvalue weighted by molar-refractivity contribution is -0.144. The van der Waals surface area contributed by atoms with E-state index in [1.807, 2.05) is 0 Å². The molecule has 340 valence electrons. The van der Waals surface area contributed by atoms with Gasteiger partial charge in [-0.3, -0.25) is 28.8 Å². The number of amides is 2. The van der Waals surface area contributed by atoms with Crippen molar-refractivity contribution in [1.82, 2.24) is 10.6 Å². The molecule has 1 aromatic carbocycles. The van der Waals surface area contributed by atoms with Crippen molar-refractivity contribution < 1.29 is 67.5 Å². The third kappa shape index (κ3) is 30.7. The monoisotopic (exact) mass is 851 g/mol. The Labute approximate surface area is 354 Å². The SMILES string of the molecule is CC(=O)C(N)CCCCNC(=O)COCCOCCCC(=O)COCCOCCNC(=O)CC[C@H](CC(=O)CCCCCCCCCOc1ccc(C(=O)O)cc1)C(=O)O. The number of ketones is 3. The number of hydrogen-bond donors (Lipinski definition) is 5. The molecule has 0 saturated carbocycles. The number of aliphatic carboxylic acids is 1. The van der Waals surface area contributed by atoms with E-state index in [1.165, 1.54) is 19.1 Å². The van der Waals surface area contributed by atoms with Crippen LogP contribution in [0, 0.1) is 5.92 Å². The van der Waals surface area contributed by atoms with Gasteiger partial charge in [-0.25, -0.2) is 4.79 Å². The molecule has 0 heterocycles. The van der Waals surface area contributed by atoms with Crippen molar-refractivity contribution in [3.05, 3.63) is 29.8 Å². The van der Waals surface area contributed by atoms with Gasteiger partial charge in [-0.1, -0.05) is 32.1 Å². The lowest BCUT2D eigenvalue weighted by Crippen LogP contribution is -2.30. The first-order chi connectivity index (χ1) is 28.9. The zero-order valence-corrected chi connectivity index (χ0v) is 35.4. The Morgan fingerprint density at radius 2 is 1.18 bits per heavy atom. The molecule has 0 fully saturated rings. The third-order valence-corrected chi connectivity index (χ3v) is 9.35. The number of benzene rings is 1. The number of carboxylic acid groups (broad SMARTS) is 2. The van der Waals surface area contributed by atoms with Crippen LogP contribution in [0.15, 0.2) is 24.3 Å². The highest BCUT2D eigenvalue weighted by Crippen LogP contribution is 2.17. The molecule has 0 aliphatic rings. The number of carboxylic acids is 2. The maximum atomic E-state index is 12.4. The Hall–Kier alpha value is -4.29. The maximum Gasteiger partial charge on any atom is 0.335 e. The lowest BCUT2D eigenvalue weighted by atomic mass is 9.94. The molecule has 60 heavy (non-hydrogen) atoms. The molecule has 1 rings (SSSR count). The molecule has 6 N–H and O–H groups in total. The van der Waals surface area contributed by atoms with Crippen LogP contribution in [0.5, 0.6) is 5.75 Å². The molecule has 0 radical (unpaired) electrons. The molecule has 0 aliphatic carbocycles. The summed E-state index contributed by atoms with van der Waals surface area (Å²) in [6.07, 6.45) is 9.69. The summed E-state index contributed by atoms with van der Waals surface area (Å²) in [7, 11) is 0. The summed E-state index contributed by atoms with van der Waals surface area (Å²) in [6.45, 7) is 4.17. The van der Waals surface area contributed by atoms with E-state index in [4.69, 9.17) is 34.5 Å². The van der Waals surface area contributed by atoms with Gasteiger partial charge in [0, 0.05) is 45.4 Å².